The van der Waals surface area contributed by atoms with Crippen LogP contribution in [0.15, 0.2) is 24.3 Å². The number of hydrogen-bond donors (Lipinski definition) is 2. The molecule has 1 rings (SSSR count). The molecular formula is C16H26N2O3. The van der Waals surface area contributed by atoms with E-state index in [1.54, 1.807) is 12.2 Å². The Labute approximate surface area is 126 Å². The van der Waals surface area contributed by atoms with Crippen molar-refractivity contribution >= 4 is 11.9 Å². The molecule has 0 saturated carbocycles. The number of carboxylic acids is 1. The lowest BCUT2D eigenvalue weighted by molar-refractivity contribution is -0.132. The molecule has 1 heterocycles. The van der Waals surface area contributed by atoms with Gasteiger partial charge in [0.25, 0.3) is 0 Å². The van der Waals surface area contributed by atoms with E-state index in [-0.39, 0.29) is 5.91 Å². The van der Waals surface area contributed by atoms with E-state index in [2.05, 4.69) is 11.9 Å². The number of nitrogens with one attached hydrogen (secondary N) is 1. The molecule has 1 amide bonds. The van der Waals surface area contributed by atoms with E-state index < -0.39 is 11.4 Å². The fourth-order valence-electron chi connectivity index (χ4n) is 2.55. The van der Waals surface area contributed by atoms with E-state index in [0.29, 0.717) is 25.0 Å². The van der Waals surface area contributed by atoms with Gasteiger partial charge in [0.05, 0.1) is 5.41 Å². The zero-order valence-corrected chi connectivity index (χ0v) is 13.0. The molecule has 0 aromatic heterocycles. The highest BCUT2D eigenvalue weighted by molar-refractivity contribution is 5.92. The Morgan fingerprint density at radius 2 is 2.19 bits per heavy atom. The lowest BCUT2D eigenvalue weighted by Gasteiger charge is -2.24. The number of rotatable bonds is 7. The van der Waals surface area contributed by atoms with Gasteiger partial charge in [-0.3, -0.25) is 4.79 Å². The first-order valence-electron chi connectivity index (χ1n) is 7.43. The van der Waals surface area contributed by atoms with E-state index in [0.717, 1.165) is 25.8 Å². The maximum atomic E-state index is 12.3. The van der Waals surface area contributed by atoms with Crippen molar-refractivity contribution in [2.24, 2.45) is 5.41 Å². The molecule has 5 nitrogen and oxygen atoms in total. The van der Waals surface area contributed by atoms with E-state index in [1.807, 2.05) is 19.0 Å². The van der Waals surface area contributed by atoms with E-state index in [4.69, 9.17) is 0 Å². The normalized spacial score (nSPS) is 23.6. The Balaban J connectivity index is 2.95. The van der Waals surface area contributed by atoms with Crippen molar-refractivity contribution in [1.29, 1.82) is 0 Å². The number of nitrogens with zero attached hydrogens (tertiary/aromatic N) is 1. The lowest BCUT2D eigenvalue weighted by Crippen LogP contribution is -2.37. The van der Waals surface area contributed by atoms with Crippen molar-refractivity contribution in [3.63, 3.8) is 0 Å². The van der Waals surface area contributed by atoms with Crippen LogP contribution in [0.4, 0.5) is 0 Å². The molecule has 1 aliphatic rings. The van der Waals surface area contributed by atoms with Gasteiger partial charge in [-0.2, -0.15) is 0 Å². The third kappa shape index (κ3) is 5.01. The summed E-state index contributed by atoms with van der Waals surface area (Å²) in [7, 11) is 3.91. The van der Waals surface area contributed by atoms with E-state index in [9.17, 15) is 14.7 Å². The zero-order valence-electron chi connectivity index (χ0n) is 13.0. The average Bonchev–Trinajstić information content (AvgIpc) is 2.60. The Morgan fingerprint density at radius 1 is 1.48 bits per heavy atom. The molecule has 0 radical (unpaired) electrons. The number of carbonyl (C=O) groups is 2. The number of carbonyl (C=O) groups excluding carboxylic acids is 1. The van der Waals surface area contributed by atoms with Crippen molar-refractivity contribution in [3.8, 4) is 0 Å². The second-order valence-electron chi connectivity index (χ2n) is 5.84. The Morgan fingerprint density at radius 3 is 2.76 bits per heavy atom. The molecular weight excluding hydrogens is 268 g/mol. The van der Waals surface area contributed by atoms with Crippen LogP contribution in [0.3, 0.4) is 0 Å². The summed E-state index contributed by atoms with van der Waals surface area (Å²) in [4.78, 5) is 25.7. The third-order valence-electron chi connectivity index (χ3n) is 3.85. The summed E-state index contributed by atoms with van der Waals surface area (Å²) in [5.74, 6) is -1.09. The van der Waals surface area contributed by atoms with Gasteiger partial charge >= 0.3 is 5.97 Å². The highest BCUT2D eigenvalue weighted by Gasteiger charge is 2.35. The van der Waals surface area contributed by atoms with Gasteiger partial charge in [-0.15, -0.1) is 6.58 Å². The van der Waals surface area contributed by atoms with Gasteiger partial charge in [0.2, 0.25) is 5.91 Å². The molecule has 0 bridgehead atoms. The smallest absolute Gasteiger partial charge is 0.331 e. The summed E-state index contributed by atoms with van der Waals surface area (Å²) in [6.45, 7) is 5.22. The van der Waals surface area contributed by atoms with Gasteiger partial charge in [-0.25, -0.2) is 4.79 Å². The first-order chi connectivity index (χ1) is 9.91. The summed E-state index contributed by atoms with van der Waals surface area (Å²) < 4.78 is 0. The van der Waals surface area contributed by atoms with Crippen LogP contribution in [0.25, 0.3) is 0 Å². The third-order valence-corrected chi connectivity index (χ3v) is 3.85. The van der Waals surface area contributed by atoms with Crippen LogP contribution in [0, 0.1) is 5.41 Å². The summed E-state index contributed by atoms with van der Waals surface area (Å²) in [5.41, 5.74) is -0.587. The van der Waals surface area contributed by atoms with Crippen molar-refractivity contribution in [1.82, 2.24) is 10.2 Å². The minimum absolute atomic E-state index is 0.138. The highest BCUT2D eigenvalue weighted by atomic mass is 16.4. The molecule has 1 aliphatic heterocycles. The standard InChI is InChI=1S/C16H26N2O3/c1-4-16(9-5-6-10-17-15(16)21)12-13(14(19)20)8-7-11-18(2)3/h4,12H,1,5-11H2,2-3H3,(H,17,21)(H,19,20). The molecule has 1 unspecified atom stereocenters. The lowest BCUT2D eigenvalue weighted by atomic mass is 9.80. The monoisotopic (exact) mass is 294 g/mol. The summed E-state index contributed by atoms with van der Waals surface area (Å²) >= 11 is 0. The first kappa shape index (κ1) is 17.4. The largest absolute Gasteiger partial charge is 0.478 e. The van der Waals surface area contributed by atoms with Crippen molar-refractivity contribution in [2.75, 3.05) is 27.2 Å². The predicted molar refractivity (Wildman–Crippen MR) is 83.0 cm³/mol. The van der Waals surface area contributed by atoms with Crippen LogP contribution in [0.1, 0.15) is 32.1 Å². The molecule has 21 heavy (non-hydrogen) atoms. The maximum Gasteiger partial charge on any atom is 0.331 e. The molecule has 0 spiro atoms. The first-order valence-corrected chi connectivity index (χ1v) is 7.43. The van der Waals surface area contributed by atoms with Crippen LogP contribution >= 0.6 is 0 Å². The zero-order chi connectivity index (χ0) is 15.9. The van der Waals surface area contributed by atoms with Crippen molar-refractivity contribution < 1.29 is 14.7 Å². The fourth-order valence-corrected chi connectivity index (χ4v) is 2.55. The Bertz CT molecular complexity index is 429. The Hall–Kier alpha value is -1.62. The van der Waals surface area contributed by atoms with Crippen LogP contribution in [0.5, 0.6) is 0 Å². The summed E-state index contributed by atoms with van der Waals surface area (Å²) in [6, 6.07) is 0. The molecule has 5 heteroatoms. The summed E-state index contributed by atoms with van der Waals surface area (Å²) in [6.07, 6.45) is 6.81. The molecule has 1 atom stereocenters. The minimum Gasteiger partial charge on any atom is -0.478 e. The topological polar surface area (TPSA) is 69.6 Å². The van der Waals surface area contributed by atoms with E-state index in [1.165, 1.54) is 0 Å². The fraction of sp³-hybridized carbons (Fsp3) is 0.625. The molecule has 0 aliphatic carbocycles. The number of hydrogen-bond acceptors (Lipinski definition) is 3. The highest BCUT2D eigenvalue weighted by Crippen LogP contribution is 2.32. The molecule has 2 N–H and O–H groups in total. The molecule has 1 fully saturated rings. The summed E-state index contributed by atoms with van der Waals surface area (Å²) in [5, 5.41) is 12.2. The molecule has 118 valence electrons. The Kier molecular flexibility index (Phi) is 6.62. The maximum absolute atomic E-state index is 12.3. The molecule has 0 aromatic carbocycles. The van der Waals surface area contributed by atoms with Crippen LogP contribution in [-0.4, -0.2) is 49.1 Å². The van der Waals surface area contributed by atoms with Gasteiger partial charge in [0, 0.05) is 12.1 Å². The second-order valence-corrected chi connectivity index (χ2v) is 5.84. The van der Waals surface area contributed by atoms with Crippen molar-refractivity contribution in [3.05, 3.63) is 24.3 Å². The number of amides is 1. The minimum atomic E-state index is -0.952. The SMILES string of the molecule is C=CC1(C=C(CCCN(C)C)C(=O)O)CCCCNC1=O. The van der Waals surface area contributed by atoms with Gasteiger partial charge < -0.3 is 15.3 Å². The van der Waals surface area contributed by atoms with E-state index >= 15 is 0 Å². The molecule has 0 aromatic rings. The quantitative estimate of drug-likeness (QED) is 0.555. The average molecular weight is 294 g/mol. The second kappa shape index (κ2) is 7.98. The van der Waals surface area contributed by atoms with Crippen LogP contribution < -0.4 is 5.32 Å². The predicted octanol–water partition coefficient (Wildman–Crippen LogP) is 1.81. The van der Waals surface area contributed by atoms with Gasteiger partial charge in [0.15, 0.2) is 0 Å². The van der Waals surface area contributed by atoms with Crippen molar-refractivity contribution in [2.45, 2.75) is 32.1 Å². The van der Waals surface area contributed by atoms with Crippen LogP contribution in [-0.2, 0) is 9.59 Å². The van der Waals surface area contributed by atoms with Gasteiger partial charge in [-0.05, 0) is 52.7 Å². The molecule has 1 saturated heterocycles. The number of aliphatic carboxylic acids is 1. The van der Waals surface area contributed by atoms with Crippen LogP contribution in [0.2, 0.25) is 0 Å². The van der Waals surface area contributed by atoms with Gasteiger partial charge in [-0.1, -0.05) is 12.2 Å². The number of carboxylic acid groups (broad SMARTS) is 1. The van der Waals surface area contributed by atoms with Gasteiger partial charge in [0.1, 0.15) is 0 Å².